The summed E-state index contributed by atoms with van der Waals surface area (Å²) in [6.07, 6.45) is 0.898. The normalized spacial score (nSPS) is 11.4. The van der Waals surface area contributed by atoms with Gasteiger partial charge in [0.25, 0.3) is 0 Å². The first-order valence-corrected chi connectivity index (χ1v) is 6.19. The van der Waals surface area contributed by atoms with Crippen LogP contribution in [-0.2, 0) is 16.6 Å². The van der Waals surface area contributed by atoms with Crippen LogP contribution >= 0.6 is 0 Å². The lowest BCUT2D eigenvalue weighted by Gasteiger charge is -2.27. The minimum Gasteiger partial charge on any atom is -0.550 e. The zero-order valence-electron chi connectivity index (χ0n) is 11.8. The number of hydrogen-bond acceptors (Lipinski definition) is 3. The molecule has 3 nitrogen and oxygen atoms in total. The number of carbonyl (C=O) groups excluding carboxylic acids is 1. The third kappa shape index (κ3) is 3.03. The van der Waals surface area contributed by atoms with E-state index in [2.05, 4.69) is 20.8 Å². The summed E-state index contributed by atoms with van der Waals surface area (Å²) in [5.41, 5.74) is 2.75. The first-order valence-electron chi connectivity index (χ1n) is 6.19. The van der Waals surface area contributed by atoms with Gasteiger partial charge < -0.3 is 14.6 Å². The van der Waals surface area contributed by atoms with Crippen molar-refractivity contribution in [2.45, 2.75) is 46.0 Å². The van der Waals surface area contributed by atoms with E-state index >= 15 is 0 Å². The molecule has 0 aliphatic heterocycles. The van der Waals surface area contributed by atoms with Gasteiger partial charge in [0.05, 0.1) is 7.11 Å². The first kappa shape index (κ1) is 14.6. The van der Waals surface area contributed by atoms with E-state index in [1.807, 2.05) is 19.1 Å². The van der Waals surface area contributed by atoms with Gasteiger partial charge in [-0.05, 0) is 29.9 Å². The van der Waals surface area contributed by atoms with Crippen molar-refractivity contribution in [3.8, 4) is 5.75 Å². The van der Waals surface area contributed by atoms with Crippen molar-refractivity contribution in [2.24, 2.45) is 0 Å². The summed E-state index contributed by atoms with van der Waals surface area (Å²) in [5, 5.41) is 10.7. The Bertz CT molecular complexity index is 447. The van der Waals surface area contributed by atoms with Crippen molar-refractivity contribution in [1.82, 2.24) is 0 Å². The van der Waals surface area contributed by atoms with Crippen LogP contribution in [0.2, 0.25) is 0 Å². The summed E-state index contributed by atoms with van der Waals surface area (Å²) in [6.45, 7) is 8.31. The maximum absolute atomic E-state index is 10.7. The number of carbonyl (C=O) groups is 1. The van der Waals surface area contributed by atoms with E-state index in [-0.39, 0.29) is 11.8 Å². The summed E-state index contributed by atoms with van der Waals surface area (Å²) in [7, 11) is 1.65. The quantitative estimate of drug-likeness (QED) is 0.801. The van der Waals surface area contributed by atoms with Crippen LogP contribution in [0.25, 0.3) is 0 Å². The maximum Gasteiger partial charge on any atom is 0.125 e. The van der Waals surface area contributed by atoms with E-state index < -0.39 is 5.97 Å². The van der Waals surface area contributed by atoms with E-state index in [9.17, 15) is 9.90 Å². The molecule has 0 saturated carbocycles. The van der Waals surface area contributed by atoms with E-state index in [0.29, 0.717) is 0 Å². The number of benzene rings is 1. The minimum atomic E-state index is -1.06. The molecule has 0 aliphatic rings. The predicted molar refractivity (Wildman–Crippen MR) is 69.8 cm³/mol. The number of carboxylic acid groups (broad SMARTS) is 1. The maximum atomic E-state index is 10.7. The highest BCUT2D eigenvalue weighted by atomic mass is 16.5. The number of carboxylic acids is 1. The summed E-state index contributed by atoms with van der Waals surface area (Å²) < 4.78 is 5.46. The van der Waals surface area contributed by atoms with Gasteiger partial charge in [0.1, 0.15) is 5.75 Å². The monoisotopic (exact) mass is 249 g/mol. The Morgan fingerprint density at radius 3 is 2.44 bits per heavy atom. The summed E-state index contributed by atoms with van der Waals surface area (Å²) in [6, 6.07) is 3.77. The van der Waals surface area contributed by atoms with E-state index in [1.165, 1.54) is 0 Å². The van der Waals surface area contributed by atoms with Gasteiger partial charge in [-0.25, -0.2) is 0 Å². The van der Waals surface area contributed by atoms with Crippen molar-refractivity contribution in [3.05, 3.63) is 28.8 Å². The SMILES string of the molecule is CCC(C)(C)c1cc(CC(=O)[O-])cc(C)c1OC. The van der Waals surface area contributed by atoms with Crippen molar-refractivity contribution < 1.29 is 14.6 Å². The molecule has 18 heavy (non-hydrogen) atoms. The molecule has 0 amide bonds. The summed E-state index contributed by atoms with van der Waals surface area (Å²) >= 11 is 0. The second-order valence-electron chi connectivity index (χ2n) is 5.28. The van der Waals surface area contributed by atoms with Gasteiger partial charge in [0.2, 0.25) is 0 Å². The molecule has 0 atom stereocenters. The fourth-order valence-corrected chi connectivity index (χ4v) is 2.08. The number of aryl methyl sites for hydroxylation is 1. The average molecular weight is 249 g/mol. The number of hydrogen-bond donors (Lipinski definition) is 0. The zero-order chi connectivity index (χ0) is 13.9. The molecule has 0 spiro atoms. The Hall–Kier alpha value is -1.51. The first-order chi connectivity index (χ1) is 8.31. The molecule has 0 radical (unpaired) electrons. The van der Waals surface area contributed by atoms with Crippen molar-refractivity contribution >= 4 is 5.97 Å². The van der Waals surface area contributed by atoms with Crippen LogP contribution in [0, 0.1) is 6.92 Å². The molecule has 3 heteroatoms. The van der Waals surface area contributed by atoms with Gasteiger partial charge in [-0.1, -0.05) is 32.9 Å². The smallest absolute Gasteiger partial charge is 0.125 e. The Kier molecular flexibility index (Phi) is 4.38. The molecule has 0 heterocycles. The molecular formula is C15H21O3-. The molecule has 0 aromatic heterocycles. The Balaban J connectivity index is 3.36. The van der Waals surface area contributed by atoms with Gasteiger partial charge in [-0.2, -0.15) is 0 Å². The fourth-order valence-electron chi connectivity index (χ4n) is 2.08. The Morgan fingerprint density at radius 1 is 1.39 bits per heavy atom. The lowest BCUT2D eigenvalue weighted by atomic mass is 9.80. The van der Waals surface area contributed by atoms with E-state index in [1.54, 1.807) is 7.11 Å². The zero-order valence-corrected chi connectivity index (χ0v) is 11.8. The lowest BCUT2D eigenvalue weighted by molar-refractivity contribution is -0.304. The van der Waals surface area contributed by atoms with Gasteiger partial charge >= 0.3 is 0 Å². The number of rotatable bonds is 5. The topological polar surface area (TPSA) is 49.4 Å². The minimum absolute atomic E-state index is 0.0436. The Morgan fingerprint density at radius 2 is 2.00 bits per heavy atom. The third-order valence-electron chi connectivity index (χ3n) is 3.50. The molecule has 0 saturated heterocycles. The molecule has 0 bridgehead atoms. The van der Waals surface area contributed by atoms with Gasteiger partial charge in [-0.15, -0.1) is 0 Å². The van der Waals surface area contributed by atoms with Crippen molar-refractivity contribution in [1.29, 1.82) is 0 Å². The molecule has 1 rings (SSSR count). The molecule has 0 aliphatic carbocycles. The van der Waals surface area contributed by atoms with Crippen LogP contribution in [0.4, 0.5) is 0 Å². The number of aliphatic carboxylic acids is 1. The largest absolute Gasteiger partial charge is 0.550 e. The van der Waals surface area contributed by atoms with E-state index in [0.717, 1.165) is 28.9 Å². The van der Waals surface area contributed by atoms with E-state index in [4.69, 9.17) is 4.74 Å². The summed E-state index contributed by atoms with van der Waals surface area (Å²) in [4.78, 5) is 10.7. The fraction of sp³-hybridized carbons (Fsp3) is 0.533. The molecular weight excluding hydrogens is 228 g/mol. The highest BCUT2D eigenvalue weighted by Crippen LogP contribution is 2.37. The number of ether oxygens (including phenoxy) is 1. The molecule has 100 valence electrons. The van der Waals surface area contributed by atoms with Crippen LogP contribution < -0.4 is 9.84 Å². The van der Waals surface area contributed by atoms with Crippen LogP contribution in [-0.4, -0.2) is 13.1 Å². The average Bonchev–Trinajstić information content (AvgIpc) is 2.27. The van der Waals surface area contributed by atoms with Crippen LogP contribution in [0.5, 0.6) is 5.75 Å². The third-order valence-corrected chi connectivity index (χ3v) is 3.50. The summed E-state index contributed by atoms with van der Waals surface area (Å²) in [5.74, 6) is -0.205. The lowest BCUT2D eigenvalue weighted by Crippen LogP contribution is -2.25. The van der Waals surface area contributed by atoms with Gasteiger partial charge in [0, 0.05) is 18.0 Å². The molecule has 1 aromatic rings. The molecule has 0 fully saturated rings. The van der Waals surface area contributed by atoms with Crippen LogP contribution in [0.15, 0.2) is 12.1 Å². The molecule has 1 aromatic carbocycles. The predicted octanol–water partition coefficient (Wildman–Crippen LogP) is 1.98. The highest BCUT2D eigenvalue weighted by molar-refractivity contribution is 5.68. The van der Waals surface area contributed by atoms with Crippen LogP contribution in [0.1, 0.15) is 43.9 Å². The Labute approximate surface area is 109 Å². The van der Waals surface area contributed by atoms with Gasteiger partial charge in [0.15, 0.2) is 0 Å². The molecule has 0 N–H and O–H groups in total. The van der Waals surface area contributed by atoms with Crippen molar-refractivity contribution in [3.63, 3.8) is 0 Å². The van der Waals surface area contributed by atoms with Gasteiger partial charge in [-0.3, -0.25) is 0 Å². The highest BCUT2D eigenvalue weighted by Gasteiger charge is 2.24. The number of methoxy groups -OCH3 is 1. The standard InChI is InChI=1S/C15H22O3/c1-6-15(3,4)12-8-11(9-13(16)17)7-10(2)14(12)18-5/h7-8H,6,9H2,1-5H3,(H,16,17)/p-1. The second-order valence-corrected chi connectivity index (χ2v) is 5.28. The van der Waals surface area contributed by atoms with Crippen molar-refractivity contribution in [2.75, 3.05) is 7.11 Å². The van der Waals surface area contributed by atoms with Crippen LogP contribution in [0.3, 0.4) is 0 Å². The second kappa shape index (κ2) is 5.42. The molecule has 0 unspecified atom stereocenters.